The molecule has 0 bridgehead atoms. The van der Waals surface area contributed by atoms with Gasteiger partial charge >= 0.3 is 0 Å². The number of pyridine rings is 2. The fourth-order valence-electron chi connectivity index (χ4n) is 5.53. The molecule has 33 heavy (non-hydrogen) atoms. The van der Waals surface area contributed by atoms with E-state index in [2.05, 4.69) is 44.0 Å². The summed E-state index contributed by atoms with van der Waals surface area (Å²) in [6, 6.07) is 4.29. The monoisotopic (exact) mass is 470 g/mol. The largest absolute Gasteiger partial charge is 0.760 e. The fraction of sp³-hybridized carbons (Fsp3) is 0.542. The lowest BCUT2D eigenvalue weighted by atomic mass is 9.76. The zero-order valence-electron chi connectivity index (χ0n) is 19.0. The Bertz CT molecular complexity index is 1120. The maximum Gasteiger partial charge on any atom is 0.159 e. The van der Waals surface area contributed by atoms with Gasteiger partial charge in [0.05, 0.1) is 18.3 Å². The number of nitrogens with zero attached hydrogens (tertiary/aromatic N) is 3. The van der Waals surface area contributed by atoms with Crippen LogP contribution < -0.4 is 5.14 Å². The summed E-state index contributed by atoms with van der Waals surface area (Å²) in [5.74, 6) is 1.95. The molecule has 0 aromatic carbocycles. The molecule has 2 unspecified atom stereocenters. The number of hydrogen-bond donors (Lipinski definition) is 2. The first kappa shape index (κ1) is 23.9. The molecule has 1 aliphatic heterocycles. The highest BCUT2D eigenvalue weighted by Crippen LogP contribution is 2.40. The van der Waals surface area contributed by atoms with Crippen molar-refractivity contribution in [3.63, 3.8) is 0 Å². The number of ketones is 1. The number of nitrogens with two attached hydrogens (primary N) is 1. The van der Waals surface area contributed by atoms with Gasteiger partial charge in [0.1, 0.15) is 5.78 Å². The number of aromatic nitrogens is 3. The van der Waals surface area contributed by atoms with Crippen LogP contribution in [0.5, 0.6) is 0 Å². The number of nitrogens with one attached hydrogen (secondary N) is 1. The zero-order valence-corrected chi connectivity index (χ0v) is 19.9. The van der Waals surface area contributed by atoms with Gasteiger partial charge < -0.3 is 9.54 Å². The highest BCUT2D eigenvalue weighted by Gasteiger charge is 2.29. The molecule has 178 valence electrons. The number of carbonyl (C=O) groups excluding carboxylic acids is 1. The second-order valence-electron chi connectivity index (χ2n) is 9.42. The molecule has 5 rings (SSSR count). The van der Waals surface area contributed by atoms with Crippen molar-refractivity contribution >= 4 is 39.0 Å². The first-order chi connectivity index (χ1) is 15.9. The average Bonchev–Trinajstić information content (AvgIpc) is 3.28. The van der Waals surface area contributed by atoms with Crippen LogP contribution in [0.25, 0.3) is 21.9 Å². The van der Waals surface area contributed by atoms with Gasteiger partial charge in [-0.05, 0) is 74.6 Å². The molecule has 4 heterocycles. The van der Waals surface area contributed by atoms with Crippen molar-refractivity contribution in [1.82, 2.24) is 19.9 Å². The minimum atomic E-state index is -2.36. The van der Waals surface area contributed by atoms with Crippen molar-refractivity contribution in [3.05, 3.63) is 36.3 Å². The maximum absolute atomic E-state index is 12.9. The summed E-state index contributed by atoms with van der Waals surface area (Å²) in [4.78, 5) is 27.5. The molecule has 8 nitrogen and oxygen atoms in total. The number of H-pyrrole nitrogens is 1. The summed E-state index contributed by atoms with van der Waals surface area (Å²) in [6.45, 7) is 5.15. The van der Waals surface area contributed by atoms with Gasteiger partial charge in [0, 0.05) is 46.9 Å². The van der Waals surface area contributed by atoms with Gasteiger partial charge in [-0.2, -0.15) is 0 Å². The van der Waals surface area contributed by atoms with Crippen molar-refractivity contribution in [3.8, 4) is 0 Å². The third kappa shape index (κ3) is 5.84. The van der Waals surface area contributed by atoms with E-state index < -0.39 is 11.3 Å². The molecule has 2 aliphatic rings. The number of piperidine rings is 1. The van der Waals surface area contributed by atoms with E-state index in [0.29, 0.717) is 18.2 Å². The van der Waals surface area contributed by atoms with E-state index in [9.17, 15) is 4.79 Å². The molecule has 1 aliphatic carbocycles. The van der Waals surface area contributed by atoms with Crippen LogP contribution in [0, 0.1) is 11.8 Å². The lowest BCUT2D eigenvalue weighted by Crippen LogP contribution is -2.40. The van der Waals surface area contributed by atoms with E-state index in [1.807, 2.05) is 18.6 Å². The smallest absolute Gasteiger partial charge is 0.159 e. The summed E-state index contributed by atoms with van der Waals surface area (Å²) in [6.07, 6.45) is 12.5. The van der Waals surface area contributed by atoms with E-state index in [-0.39, 0.29) is 5.92 Å². The van der Waals surface area contributed by atoms with Crippen molar-refractivity contribution in [2.75, 3.05) is 19.6 Å². The minimum Gasteiger partial charge on any atom is -0.760 e. The lowest BCUT2D eigenvalue weighted by molar-refractivity contribution is -0.125. The van der Waals surface area contributed by atoms with Crippen LogP contribution >= 0.6 is 0 Å². The molecule has 9 heteroatoms. The van der Waals surface area contributed by atoms with Crippen LogP contribution in [0.15, 0.2) is 30.7 Å². The fourth-order valence-corrected chi connectivity index (χ4v) is 5.53. The summed E-state index contributed by atoms with van der Waals surface area (Å²) >= 11 is -2.36. The number of hydrogen-bond acceptors (Lipinski definition) is 6. The van der Waals surface area contributed by atoms with Crippen molar-refractivity contribution in [2.45, 2.75) is 51.4 Å². The van der Waals surface area contributed by atoms with Gasteiger partial charge in [0.2, 0.25) is 0 Å². The Kier molecular flexibility index (Phi) is 7.85. The highest BCUT2D eigenvalue weighted by molar-refractivity contribution is 7.76. The maximum atomic E-state index is 12.9. The first-order valence-corrected chi connectivity index (χ1v) is 12.9. The van der Waals surface area contributed by atoms with Crippen molar-refractivity contribution in [2.24, 2.45) is 17.0 Å². The SMILES string of the molecule is CC1CCCN(CC(=O)C2CCC(c3cc[nH]c4cnc5nccc5c34)CC2)C1.NS(=O)[O-]. The second-order valence-corrected chi connectivity index (χ2v) is 9.94. The quantitative estimate of drug-likeness (QED) is 0.562. The molecule has 2 atom stereocenters. The Hall–Kier alpha value is -2.20. The Morgan fingerprint density at radius 3 is 2.73 bits per heavy atom. The molecule has 1 saturated heterocycles. The van der Waals surface area contributed by atoms with Crippen LogP contribution in [-0.4, -0.2) is 54.0 Å². The third-order valence-corrected chi connectivity index (χ3v) is 7.07. The summed E-state index contributed by atoms with van der Waals surface area (Å²) in [7, 11) is 0. The van der Waals surface area contributed by atoms with E-state index in [1.165, 1.54) is 23.8 Å². The van der Waals surface area contributed by atoms with Gasteiger partial charge in [-0.25, -0.2) is 9.97 Å². The molecule has 1 saturated carbocycles. The lowest BCUT2D eigenvalue weighted by Gasteiger charge is -2.33. The molecular weight excluding hydrogens is 438 g/mol. The van der Waals surface area contributed by atoms with Crippen LogP contribution in [0.1, 0.15) is 56.9 Å². The van der Waals surface area contributed by atoms with E-state index in [1.54, 1.807) is 0 Å². The van der Waals surface area contributed by atoms with Gasteiger partial charge in [0.15, 0.2) is 5.65 Å². The number of Topliss-reactive ketones (excluding diaryl/α,β-unsaturated/α-hetero) is 1. The number of carbonyl (C=O) groups is 1. The van der Waals surface area contributed by atoms with Crippen LogP contribution in [0.3, 0.4) is 0 Å². The molecule has 0 spiro atoms. The number of rotatable bonds is 4. The standard InChI is InChI=1S/C24H30N4O.H3NO2S/c1-16-3-2-12-28(14-16)15-22(29)18-6-4-17(5-7-18)19-8-10-25-21-13-27-24-20(23(19)21)9-11-26-24;1-4(2)3/h8-11,13,16-18,25H,2-7,12,14-15H2,1H3;1H2,(H,2,3)/p-1. The predicted molar refractivity (Wildman–Crippen MR) is 129 cm³/mol. The Balaban J connectivity index is 0.000000601. The Morgan fingerprint density at radius 2 is 2.00 bits per heavy atom. The molecule has 3 N–H and O–H groups in total. The molecule has 0 amide bonds. The van der Waals surface area contributed by atoms with Gasteiger partial charge in [-0.1, -0.05) is 6.92 Å². The summed E-state index contributed by atoms with van der Waals surface area (Å²) < 4.78 is 17.6. The van der Waals surface area contributed by atoms with Crippen molar-refractivity contribution in [1.29, 1.82) is 0 Å². The number of likely N-dealkylation sites (tertiary alicyclic amines) is 1. The summed E-state index contributed by atoms with van der Waals surface area (Å²) in [5.41, 5.74) is 3.27. The van der Waals surface area contributed by atoms with Gasteiger partial charge in [0.25, 0.3) is 0 Å². The topological polar surface area (TPSA) is 128 Å². The van der Waals surface area contributed by atoms with Gasteiger partial charge in [-0.3, -0.25) is 19.0 Å². The zero-order chi connectivity index (χ0) is 23.4. The average molecular weight is 471 g/mol. The Labute approximate surface area is 196 Å². The molecular formula is C24H32N5O3S-. The van der Waals surface area contributed by atoms with E-state index in [0.717, 1.165) is 61.2 Å². The molecule has 2 fully saturated rings. The van der Waals surface area contributed by atoms with Crippen LogP contribution in [0.4, 0.5) is 0 Å². The minimum absolute atomic E-state index is 0.243. The number of fused-ring (bicyclic) bond motifs is 3. The number of aromatic amines is 1. The predicted octanol–water partition coefficient (Wildman–Crippen LogP) is 3.43. The summed E-state index contributed by atoms with van der Waals surface area (Å²) in [5, 5.41) is 6.42. The Morgan fingerprint density at radius 1 is 1.24 bits per heavy atom. The highest BCUT2D eigenvalue weighted by atomic mass is 32.2. The van der Waals surface area contributed by atoms with Crippen LogP contribution in [-0.2, 0) is 16.1 Å². The van der Waals surface area contributed by atoms with Gasteiger partial charge in [-0.15, -0.1) is 0 Å². The van der Waals surface area contributed by atoms with Crippen molar-refractivity contribution < 1.29 is 13.6 Å². The van der Waals surface area contributed by atoms with E-state index >= 15 is 0 Å². The molecule has 3 aromatic heterocycles. The molecule has 3 aromatic rings. The van der Waals surface area contributed by atoms with Crippen LogP contribution in [0.2, 0.25) is 0 Å². The van der Waals surface area contributed by atoms with E-state index in [4.69, 9.17) is 8.76 Å². The second kappa shape index (κ2) is 10.8. The third-order valence-electron chi connectivity index (χ3n) is 7.07. The first-order valence-electron chi connectivity index (χ1n) is 11.7. The normalized spacial score (nSPS) is 24.9. The molecule has 0 radical (unpaired) electrons.